The first kappa shape index (κ1) is 21.1. The molecule has 7 nitrogen and oxygen atoms in total. The molecule has 1 amide bonds. The standard InChI is InChI=1S/C22H15B2F2N5O2/c1-30-18-14(9-29-30)13(8-28-20(18)33-2)11-6-16(25)15(17(26)7-11)10-31-21(32)12-4-3-5-27-19(12)22(31,23)24/h3-9H,10H2,1-2H3. The Morgan fingerprint density at radius 2 is 1.85 bits per heavy atom. The fourth-order valence-electron chi connectivity index (χ4n) is 4.13. The summed E-state index contributed by atoms with van der Waals surface area (Å²) in [6.07, 6.45) is 4.48. The van der Waals surface area contributed by atoms with Crippen molar-refractivity contribution in [2.24, 2.45) is 7.05 Å². The number of carbonyl (C=O) groups excluding carboxylic acids is 1. The van der Waals surface area contributed by atoms with E-state index in [9.17, 15) is 4.79 Å². The summed E-state index contributed by atoms with van der Waals surface area (Å²) in [5, 5.41) is 3.02. The van der Waals surface area contributed by atoms with Gasteiger partial charge in [-0.1, -0.05) is 0 Å². The number of halogens is 2. The van der Waals surface area contributed by atoms with Crippen LogP contribution < -0.4 is 4.74 Å². The van der Waals surface area contributed by atoms with Crippen LogP contribution in [0.1, 0.15) is 21.6 Å². The van der Waals surface area contributed by atoms with Gasteiger partial charge in [0, 0.05) is 41.3 Å². The first-order valence-electron chi connectivity index (χ1n) is 9.92. The molecule has 0 bridgehead atoms. The van der Waals surface area contributed by atoms with E-state index in [0.29, 0.717) is 22.3 Å². The van der Waals surface area contributed by atoms with Crippen LogP contribution in [-0.4, -0.2) is 53.4 Å². The Bertz CT molecular complexity index is 1420. The minimum atomic E-state index is -1.80. The zero-order chi connectivity index (χ0) is 23.5. The summed E-state index contributed by atoms with van der Waals surface area (Å²) in [5.74, 6) is -1.92. The molecule has 3 aromatic heterocycles. The molecule has 11 heteroatoms. The maximum absolute atomic E-state index is 15.2. The molecule has 5 rings (SSSR count). The molecular weight excluding hydrogens is 426 g/mol. The monoisotopic (exact) mass is 441 g/mol. The van der Waals surface area contributed by atoms with E-state index >= 15 is 8.78 Å². The third kappa shape index (κ3) is 3.10. The number of amides is 1. The number of carbonyl (C=O) groups is 1. The second-order valence-corrected chi connectivity index (χ2v) is 7.75. The number of ether oxygens (including phenoxy) is 1. The zero-order valence-corrected chi connectivity index (χ0v) is 17.7. The number of aryl methyl sites for hydroxylation is 1. The molecule has 4 radical (unpaired) electrons. The summed E-state index contributed by atoms with van der Waals surface area (Å²) in [6, 6.07) is 5.43. The number of rotatable bonds is 4. The molecule has 0 unspecified atom stereocenters. The Hall–Kier alpha value is -3.75. The molecule has 0 saturated carbocycles. The third-order valence-electron chi connectivity index (χ3n) is 5.81. The highest BCUT2D eigenvalue weighted by molar-refractivity contribution is 6.42. The van der Waals surface area contributed by atoms with Crippen molar-refractivity contribution in [1.29, 1.82) is 0 Å². The Labute approximate surface area is 190 Å². The average Bonchev–Trinajstić information content (AvgIpc) is 3.27. The van der Waals surface area contributed by atoms with Crippen molar-refractivity contribution >= 4 is 32.5 Å². The number of hydrogen-bond donors (Lipinski definition) is 0. The molecule has 0 spiro atoms. The highest BCUT2D eigenvalue weighted by Gasteiger charge is 2.43. The van der Waals surface area contributed by atoms with Crippen molar-refractivity contribution in [2.45, 2.75) is 11.9 Å². The molecule has 1 aliphatic rings. The predicted octanol–water partition coefficient (Wildman–Crippen LogP) is 2.42. The summed E-state index contributed by atoms with van der Waals surface area (Å²) in [6.45, 7) is -0.469. The highest BCUT2D eigenvalue weighted by atomic mass is 19.1. The Balaban J connectivity index is 1.55. The van der Waals surface area contributed by atoms with Crippen LogP contribution in [0, 0.1) is 11.6 Å². The SMILES string of the molecule is [B]C1([B])c2ncccc2C(=O)N1Cc1c(F)cc(-c2cnc(OC)c3c2cnn3C)cc1F. The number of hydrogen-bond acceptors (Lipinski definition) is 5. The van der Waals surface area contributed by atoms with Gasteiger partial charge in [0.15, 0.2) is 0 Å². The molecule has 0 atom stereocenters. The second-order valence-electron chi connectivity index (χ2n) is 7.75. The van der Waals surface area contributed by atoms with Gasteiger partial charge in [-0.2, -0.15) is 5.10 Å². The van der Waals surface area contributed by atoms with E-state index < -0.39 is 29.4 Å². The lowest BCUT2D eigenvalue weighted by Gasteiger charge is -2.33. The normalized spacial score (nSPS) is 14.7. The van der Waals surface area contributed by atoms with Gasteiger partial charge in [-0.15, -0.1) is 0 Å². The number of fused-ring (bicyclic) bond motifs is 2. The van der Waals surface area contributed by atoms with Gasteiger partial charge in [-0.05, 0) is 29.8 Å². The van der Waals surface area contributed by atoms with E-state index in [0.717, 1.165) is 4.90 Å². The molecule has 0 aliphatic carbocycles. The lowest BCUT2D eigenvalue weighted by Crippen LogP contribution is -2.45. The minimum Gasteiger partial charge on any atom is -0.479 e. The second kappa shape index (κ2) is 7.40. The fraction of sp³-hybridized carbons (Fsp3) is 0.182. The molecule has 1 aromatic carbocycles. The van der Waals surface area contributed by atoms with Crippen molar-refractivity contribution in [3.05, 3.63) is 71.3 Å². The number of benzene rings is 1. The van der Waals surface area contributed by atoms with E-state index in [-0.39, 0.29) is 22.4 Å². The average molecular weight is 441 g/mol. The van der Waals surface area contributed by atoms with Gasteiger partial charge in [0.1, 0.15) is 17.2 Å². The molecule has 0 saturated heterocycles. The number of pyridine rings is 2. The summed E-state index contributed by atoms with van der Waals surface area (Å²) in [4.78, 5) is 22.1. The minimum absolute atomic E-state index is 0.149. The molecule has 4 aromatic rings. The van der Waals surface area contributed by atoms with Crippen LogP contribution in [0.5, 0.6) is 5.88 Å². The van der Waals surface area contributed by atoms with Crippen LogP contribution in [-0.2, 0) is 18.9 Å². The smallest absolute Gasteiger partial charge is 0.255 e. The first-order chi connectivity index (χ1) is 15.7. The predicted molar refractivity (Wildman–Crippen MR) is 118 cm³/mol. The zero-order valence-electron chi connectivity index (χ0n) is 17.7. The van der Waals surface area contributed by atoms with Crippen LogP contribution in [0.4, 0.5) is 8.78 Å². The maximum atomic E-state index is 15.2. The van der Waals surface area contributed by atoms with Crippen molar-refractivity contribution in [2.75, 3.05) is 7.11 Å². The summed E-state index contributed by atoms with van der Waals surface area (Å²) < 4.78 is 37.2. The molecule has 1 aliphatic heterocycles. The van der Waals surface area contributed by atoms with Crippen molar-refractivity contribution < 1.29 is 18.3 Å². The lowest BCUT2D eigenvalue weighted by molar-refractivity contribution is 0.0727. The number of methoxy groups -OCH3 is 1. The van der Waals surface area contributed by atoms with Gasteiger partial charge >= 0.3 is 0 Å². The lowest BCUT2D eigenvalue weighted by atomic mass is 9.59. The Kier molecular flexibility index (Phi) is 4.73. The van der Waals surface area contributed by atoms with E-state index in [4.69, 9.17) is 20.4 Å². The van der Waals surface area contributed by atoms with E-state index in [1.165, 1.54) is 37.7 Å². The van der Waals surface area contributed by atoms with E-state index in [1.54, 1.807) is 24.0 Å². The molecule has 4 heterocycles. The van der Waals surface area contributed by atoms with E-state index in [1.807, 2.05) is 0 Å². The first-order valence-corrected chi connectivity index (χ1v) is 9.92. The molecule has 33 heavy (non-hydrogen) atoms. The maximum Gasteiger partial charge on any atom is 0.255 e. The van der Waals surface area contributed by atoms with Crippen molar-refractivity contribution in [3.8, 4) is 17.0 Å². The van der Waals surface area contributed by atoms with Gasteiger partial charge in [0.2, 0.25) is 5.88 Å². The molecule has 0 fully saturated rings. The Morgan fingerprint density at radius 1 is 1.12 bits per heavy atom. The van der Waals surface area contributed by atoms with Crippen molar-refractivity contribution in [1.82, 2.24) is 24.6 Å². The largest absolute Gasteiger partial charge is 0.479 e. The number of aromatic nitrogens is 4. The summed E-state index contributed by atoms with van der Waals surface area (Å²) in [7, 11) is 15.5. The van der Waals surface area contributed by atoms with Crippen molar-refractivity contribution in [3.63, 3.8) is 0 Å². The van der Waals surface area contributed by atoms with Crippen LogP contribution in [0.15, 0.2) is 42.9 Å². The summed E-state index contributed by atoms with van der Waals surface area (Å²) in [5.41, 5.74) is 1.32. The quantitative estimate of drug-likeness (QED) is 0.455. The number of nitrogens with zero attached hydrogens (tertiary/aromatic N) is 5. The third-order valence-corrected chi connectivity index (χ3v) is 5.81. The summed E-state index contributed by atoms with van der Waals surface area (Å²) >= 11 is 0. The van der Waals surface area contributed by atoms with Gasteiger partial charge in [0.05, 0.1) is 46.8 Å². The topological polar surface area (TPSA) is 73.1 Å². The molecular formula is C22H15B2F2N5O2. The van der Waals surface area contributed by atoms with Gasteiger partial charge in [-0.25, -0.2) is 13.8 Å². The fourth-order valence-corrected chi connectivity index (χ4v) is 4.13. The van der Waals surface area contributed by atoms with Crippen LogP contribution in [0.3, 0.4) is 0 Å². The molecule has 160 valence electrons. The van der Waals surface area contributed by atoms with Gasteiger partial charge < -0.3 is 9.64 Å². The molecule has 0 N–H and O–H groups in total. The highest BCUT2D eigenvalue weighted by Crippen LogP contribution is 2.37. The van der Waals surface area contributed by atoms with E-state index in [2.05, 4.69) is 15.1 Å². The van der Waals surface area contributed by atoms with Crippen LogP contribution >= 0.6 is 0 Å². The van der Waals surface area contributed by atoms with Gasteiger partial charge in [0.25, 0.3) is 5.91 Å². The Morgan fingerprint density at radius 3 is 2.52 bits per heavy atom. The van der Waals surface area contributed by atoms with Gasteiger partial charge in [-0.3, -0.25) is 14.5 Å². The van der Waals surface area contributed by atoms with Crippen LogP contribution in [0.25, 0.3) is 22.0 Å². The van der Waals surface area contributed by atoms with Crippen LogP contribution in [0.2, 0.25) is 0 Å².